The molecule has 3 rings (SSSR count). The molecule has 32 heavy (non-hydrogen) atoms. The zero-order chi connectivity index (χ0) is 23.7. The van der Waals surface area contributed by atoms with Crippen LogP contribution in [0.2, 0.25) is 0 Å². The molecule has 168 valence electrons. The number of nitro groups is 1. The van der Waals surface area contributed by atoms with Gasteiger partial charge in [0.1, 0.15) is 12.1 Å². The monoisotopic (exact) mass is 438 g/mol. The Morgan fingerprint density at radius 3 is 2.22 bits per heavy atom. The van der Waals surface area contributed by atoms with Crippen LogP contribution >= 0.6 is 0 Å². The Balaban J connectivity index is 1.81. The Morgan fingerprint density at radius 2 is 1.69 bits per heavy atom. The number of non-ortho nitro benzene ring substituents is 1. The van der Waals surface area contributed by atoms with E-state index in [1.165, 1.54) is 31.2 Å². The first-order chi connectivity index (χ1) is 14.9. The predicted molar refractivity (Wildman–Crippen MR) is 117 cm³/mol. The average molecular weight is 438 g/mol. The number of carbonyl (C=O) groups excluding carboxylic acids is 3. The molecule has 2 aromatic rings. The number of imide groups is 1. The van der Waals surface area contributed by atoms with Crippen LogP contribution in [0, 0.1) is 10.1 Å². The number of hydrogen-bond acceptors (Lipinski definition) is 5. The van der Waals surface area contributed by atoms with E-state index >= 15 is 0 Å². The lowest BCUT2D eigenvalue weighted by Crippen LogP contribution is -2.50. The summed E-state index contributed by atoms with van der Waals surface area (Å²) >= 11 is 0. The fraction of sp³-hybridized carbons (Fsp3) is 0.348. The van der Waals surface area contributed by atoms with Gasteiger partial charge in [-0.05, 0) is 51.0 Å². The van der Waals surface area contributed by atoms with E-state index in [0.29, 0.717) is 12.1 Å². The van der Waals surface area contributed by atoms with E-state index in [9.17, 15) is 24.5 Å². The van der Waals surface area contributed by atoms with E-state index in [0.717, 1.165) is 10.5 Å². The smallest absolute Gasteiger partial charge is 0.325 e. The van der Waals surface area contributed by atoms with E-state index in [1.54, 1.807) is 4.90 Å². The third-order valence-electron chi connectivity index (χ3n) is 5.52. The molecular weight excluding hydrogens is 412 g/mol. The molecule has 1 unspecified atom stereocenters. The largest absolute Gasteiger partial charge is 0.332 e. The van der Waals surface area contributed by atoms with Crippen LogP contribution in [0.1, 0.15) is 38.8 Å². The highest BCUT2D eigenvalue weighted by Gasteiger charge is 2.50. The Kier molecular flexibility index (Phi) is 6.03. The fourth-order valence-corrected chi connectivity index (χ4v) is 3.64. The van der Waals surface area contributed by atoms with Gasteiger partial charge in [-0.2, -0.15) is 0 Å². The molecule has 0 aromatic heterocycles. The SMILES string of the molecule is CC1(c2ccc([N+](=O)[O-])cc2)NC(=O)N(CC(=O)N(Cc2ccccc2)C(C)(C)C)C1=O. The molecule has 1 N–H and O–H groups in total. The molecule has 1 aliphatic heterocycles. The highest BCUT2D eigenvalue weighted by molar-refractivity contribution is 6.09. The molecule has 9 heteroatoms. The minimum atomic E-state index is -1.42. The van der Waals surface area contributed by atoms with Crippen molar-refractivity contribution >= 4 is 23.5 Å². The number of nitrogens with zero attached hydrogens (tertiary/aromatic N) is 3. The summed E-state index contributed by atoms with van der Waals surface area (Å²) in [4.78, 5) is 51.9. The summed E-state index contributed by atoms with van der Waals surface area (Å²) in [6.07, 6.45) is 0. The average Bonchev–Trinajstić information content (AvgIpc) is 2.96. The van der Waals surface area contributed by atoms with Crippen molar-refractivity contribution in [2.24, 2.45) is 0 Å². The maximum atomic E-state index is 13.2. The first kappa shape index (κ1) is 22.9. The highest BCUT2D eigenvalue weighted by Crippen LogP contribution is 2.30. The van der Waals surface area contributed by atoms with E-state index in [-0.39, 0.29) is 11.6 Å². The number of rotatable bonds is 6. The first-order valence-electron chi connectivity index (χ1n) is 10.2. The molecule has 1 saturated heterocycles. The number of nitrogens with one attached hydrogen (secondary N) is 1. The highest BCUT2D eigenvalue weighted by atomic mass is 16.6. The summed E-state index contributed by atoms with van der Waals surface area (Å²) < 4.78 is 0. The van der Waals surface area contributed by atoms with Gasteiger partial charge in [0.25, 0.3) is 11.6 Å². The summed E-state index contributed by atoms with van der Waals surface area (Å²) in [5, 5.41) is 13.5. The van der Waals surface area contributed by atoms with Gasteiger partial charge in [-0.3, -0.25) is 24.6 Å². The molecule has 1 aliphatic rings. The maximum Gasteiger partial charge on any atom is 0.325 e. The molecule has 0 aliphatic carbocycles. The van der Waals surface area contributed by atoms with Crippen LogP contribution in [-0.4, -0.2) is 44.7 Å². The van der Waals surface area contributed by atoms with E-state index in [4.69, 9.17) is 0 Å². The van der Waals surface area contributed by atoms with Gasteiger partial charge in [-0.15, -0.1) is 0 Å². The molecule has 0 spiro atoms. The van der Waals surface area contributed by atoms with Crippen molar-refractivity contribution in [3.63, 3.8) is 0 Å². The minimum Gasteiger partial charge on any atom is -0.332 e. The van der Waals surface area contributed by atoms with Crippen molar-refractivity contribution < 1.29 is 19.3 Å². The van der Waals surface area contributed by atoms with Crippen molar-refractivity contribution in [1.82, 2.24) is 15.1 Å². The molecule has 0 saturated carbocycles. The molecule has 1 heterocycles. The van der Waals surface area contributed by atoms with Crippen molar-refractivity contribution in [3.8, 4) is 0 Å². The summed E-state index contributed by atoms with van der Waals surface area (Å²) in [6.45, 7) is 7.12. The van der Waals surface area contributed by atoms with Crippen LogP contribution in [0.25, 0.3) is 0 Å². The lowest BCUT2D eigenvalue weighted by molar-refractivity contribution is -0.384. The Morgan fingerprint density at radius 1 is 1.09 bits per heavy atom. The summed E-state index contributed by atoms with van der Waals surface area (Å²) in [6, 6.07) is 14.2. The lowest BCUT2D eigenvalue weighted by atomic mass is 9.92. The Hall–Kier alpha value is -3.75. The Bertz CT molecular complexity index is 1050. The van der Waals surface area contributed by atoms with Gasteiger partial charge in [0.2, 0.25) is 5.91 Å². The van der Waals surface area contributed by atoms with Crippen LogP contribution < -0.4 is 5.32 Å². The van der Waals surface area contributed by atoms with Crippen molar-refractivity contribution in [2.75, 3.05) is 6.54 Å². The van der Waals surface area contributed by atoms with Crippen molar-refractivity contribution in [1.29, 1.82) is 0 Å². The number of nitro benzene ring substituents is 1. The standard InChI is InChI=1S/C23H26N4O5/c1-22(2,3)26(14-16-8-6-5-7-9-16)19(28)15-25-20(29)23(4,24-21(25)30)17-10-12-18(13-11-17)27(31)32/h5-13H,14-15H2,1-4H3,(H,24,30). The number of amides is 4. The zero-order valence-electron chi connectivity index (χ0n) is 18.5. The van der Waals surface area contributed by atoms with Crippen molar-refractivity contribution in [2.45, 2.75) is 45.3 Å². The van der Waals surface area contributed by atoms with Crippen LogP contribution in [0.15, 0.2) is 54.6 Å². The molecule has 2 aromatic carbocycles. The minimum absolute atomic E-state index is 0.122. The topological polar surface area (TPSA) is 113 Å². The van der Waals surface area contributed by atoms with Gasteiger partial charge in [-0.1, -0.05) is 30.3 Å². The fourth-order valence-electron chi connectivity index (χ4n) is 3.64. The van der Waals surface area contributed by atoms with Crippen LogP contribution in [0.3, 0.4) is 0 Å². The van der Waals surface area contributed by atoms with E-state index in [1.807, 2.05) is 51.1 Å². The van der Waals surface area contributed by atoms with Gasteiger partial charge in [-0.25, -0.2) is 4.79 Å². The van der Waals surface area contributed by atoms with Crippen LogP contribution in [-0.2, 0) is 21.7 Å². The summed E-state index contributed by atoms with van der Waals surface area (Å²) in [5.74, 6) is -0.948. The van der Waals surface area contributed by atoms with Crippen LogP contribution in [0.4, 0.5) is 10.5 Å². The normalized spacial score (nSPS) is 18.4. The molecule has 0 bridgehead atoms. The molecular formula is C23H26N4O5. The second-order valence-electron chi connectivity index (χ2n) is 8.89. The van der Waals surface area contributed by atoms with Gasteiger partial charge in [0, 0.05) is 24.2 Å². The van der Waals surface area contributed by atoms with Crippen molar-refractivity contribution in [3.05, 3.63) is 75.8 Å². The van der Waals surface area contributed by atoms with Gasteiger partial charge in [0.15, 0.2) is 0 Å². The number of carbonyl (C=O) groups is 3. The van der Waals surface area contributed by atoms with Gasteiger partial charge >= 0.3 is 6.03 Å². The predicted octanol–water partition coefficient (Wildman–Crippen LogP) is 3.19. The molecule has 1 atom stereocenters. The quantitative estimate of drug-likeness (QED) is 0.423. The third kappa shape index (κ3) is 4.46. The van der Waals surface area contributed by atoms with E-state index in [2.05, 4.69) is 5.32 Å². The first-order valence-corrected chi connectivity index (χ1v) is 10.2. The maximum absolute atomic E-state index is 13.2. The summed E-state index contributed by atoms with van der Waals surface area (Å²) in [7, 11) is 0. The Labute approximate surface area is 186 Å². The zero-order valence-corrected chi connectivity index (χ0v) is 18.5. The second kappa shape index (κ2) is 8.41. The third-order valence-corrected chi connectivity index (χ3v) is 5.52. The molecule has 0 radical (unpaired) electrons. The number of hydrogen-bond donors (Lipinski definition) is 1. The van der Waals surface area contributed by atoms with Crippen LogP contribution in [0.5, 0.6) is 0 Å². The summed E-state index contributed by atoms with van der Waals surface area (Å²) in [5.41, 5.74) is -0.744. The molecule has 4 amide bonds. The van der Waals surface area contributed by atoms with Gasteiger partial charge in [0.05, 0.1) is 4.92 Å². The second-order valence-corrected chi connectivity index (χ2v) is 8.89. The molecule has 9 nitrogen and oxygen atoms in total. The lowest BCUT2D eigenvalue weighted by Gasteiger charge is -2.36. The number of urea groups is 1. The number of benzene rings is 2. The van der Waals surface area contributed by atoms with E-state index < -0.39 is 34.5 Å². The van der Waals surface area contributed by atoms with Gasteiger partial charge < -0.3 is 10.2 Å². The molecule has 1 fully saturated rings.